The van der Waals surface area contributed by atoms with Crippen LogP contribution in [0, 0.1) is 11.7 Å². The molecule has 19 heavy (non-hydrogen) atoms. The molecular weight excluding hydrogens is 241 g/mol. The molecule has 2 N–H and O–H groups in total. The Balaban J connectivity index is 1.78. The summed E-state index contributed by atoms with van der Waals surface area (Å²) in [5.41, 5.74) is 7.03. The number of fused-ring (bicyclic) bond motifs is 1. The van der Waals surface area contributed by atoms with Gasteiger partial charge in [0.15, 0.2) is 0 Å². The zero-order chi connectivity index (χ0) is 13.2. The summed E-state index contributed by atoms with van der Waals surface area (Å²) < 4.78 is 19.4. The number of hydrogen-bond donors (Lipinski definition) is 1. The third kappa shape index (κ3) is 2.76. The van der Waals surface area contributed by atoms with Crippen LogP contribution in [0.3, 0.4) is 0 Å². The maximum Gasteiger partial charge on any atom is 0.124 e. The summed E-state index contributed by atoms with van der Waals surface area (Å²) in [6, 6.07) is 4.62. The third-order valence-electron chi connectivity index (χ3n) is 4.56. The van der Waals surface area contributed by atoms with Crippen LogP contribution in [0.15, 0.2) is 18.2 Å². The molecule has 2 aliphatic rings. The second-order valence-corrected chi connectivity index (χ2v) is 5.93. The first-order valence-electron chi connectivity index (χ1n) is 7.46. The van der Waals surface area contributed by atoms with E-state index in [-0.39, 0.29) is 18.0 Å². The number of rotatable bonds is 1. The minimum Gasteiger partial charge on any atom is -0.490 e. The van der Waals surface area contributed by atoms with Crippen molar-refractivity contribution >= 4 is 0 Å². The quantitative estimate of drug-likeness (QED) is 0.779. The number of halogens is 1. The molecule has 1 unspecified atom stereocenters. The highest BCUT2D eigenvalue weighted by atomic mass is 19.1. The molecule has 0 aromatic heterocycles. The minimum absolute atomic E-state index is 0.0901. The maximum atomic E-state index is 13.3. The molecule has 0 amide bonds. The summed E-state index contributed by atoms with van der Waals surface area (Å²) in [6.07, 6.45) is 8.81. The van der Waals surface area contributed by atoms with E-state index in [0.717, 1.165) is 17.7 Å². The Hall–Kier alpha value is -1.09. The second kappa shape index (κ2) is 5.49. The molecule has 1 saturated carbocycles. The fraction of sp³-hybridized carbons (Fsp3) is 0.625. The fourth-order valence-corrected chi connectivity index (χ4v) is 3.48. The summed E-state index contributed by atoms with van der Waals surface area (Å²) in [5.74, 6) is 1.17. The average molecular weight is 263 g/mol. The first kappa shape index (κ1) is 12.9. The van der Waals surface area contributed by atoms with Gasteiger partial charge in [0.05, 0.1) is 0 Å². The Morgan fingerprint density at radius 3 is 2.58 bits per heavy atom. The highest BCUT2D eigenvalue weighted by molar-refractivity contribution is 5.38. The van der Waals surface area contributed by atoms with E-state index in [1.807, 2.05) is 0 Å². The average Bonchev–Trinajstić information content (AvgIpc) is 2.68. The highest BCUT2D eigenvalue weighted by Crippen LogP contribution is 2.39. The molecule has 2 nitrogen and oxygen atoms in total. The van der Waals surface area contributed by atoms with Gasteiger partial charge in [-0.05, 0) is 37.0 Å². The van der Waals surface area contributed by atoms with Gasteiger partial charge >= 0.3 is 0 Å². The molecule has 0 radical (unpaired) electrons. The SMILES string of the molecule is N[C@@H]1CC(C2CCCCCC2)Oc2ccc(F)cc21. The molecule has 104 valence electrons. The Bertz CT molecular complexity index is 440. The highest BCUT2D eigenvalue weighted by Gasteiger charge is 2.32. The van der Waals surface area contributed by atoms with E-state index >= 15 is 0 Å². The molecule has 1 heterocycles. The molecule has 1 aromatic carbocycles. The summed E-state index contributed by atoms with van der Waals surface area (Å²) >= 11 is 0. The van der Waals surface area contributed by atoms with Gasteiger partial charge in [-0.2, -0.15) is 0 Å². The Kier molecular flexibility index (Phi) is 3.74. The number of hydrogen-bond acceptors (Lipinski definition) is 2. The predicted octanol–water partition coefficient (Wildman–Crippen LogP) is 3.95. The van der Waals surface area contributed by atoms with Gasteiger partial charge in [-0.15, -0.1) is 0 Å². The van der Waals surface area contributed by atoms with Crippen molar-refractivity contribution in [3.05, 3.63) is 29.6 Å². The van der Waals surface area contributed by atoms with Crippen LogP contribution in [0.5, 0.6) is 5.75 Å². The van der Waals surface area contributed by atoms with Crippen molar-refractivity contribution in [2.45, 2.75) is 57.1 Å². The maximum absolute atomic E-state index is 13.3. The Morgan fingerprint density at radius 1 is 1.11 bits per heavy atom. The number of nitrogens with two attached hydrogens (primary N) is 1. The summed E-state index contributed by atoms with van der Waals surface area (Å²) in [4.78, 5) is 0. The van der Waals surface area contributed by atoms with E-state index in [9.17, 15) is 4.39 Å². The van der Waals surface area contributed by atoms with E-state index in [1.165, 1.54) is 50.7 Å². The van der Waals surface area contributed by atoms with Gasteiger partial charge in [-0.25, -0.2) is 4.39 Å². The molecule has 3 rings (SSSR count). The second-order valence-electron chi connectivity index (χ2n) is 5.93. The zero-order valence-corrected chi connectivity index (χ0v) is 11.3. The lowest BCUT2D eigenvalue weighted by Crippen LogP contribution is -2.35. The molecule has 0 spiro atoms. The lowest BCUT2D eigenvalue weighted by atomic mass is 9.86. The van der Waals surface area contributed by atoms with Crippen molar-refractivity contribution in [3.8, 4) is 5.75 Å². The Morgan fingerprint density at radius 2 is 1.84 bits per heavy atom. The van der Waals surface area contributed by atoms with Crippen molar-refractivity contribution < 1.29 is 9.13 Å². The molecule has 1 aromatic rings. The number of ether oxygens (including phenoxy) is 1. The van der Waals surface area contributed by atoms with Gasteiger partial charge in [-0.3, -0.25) is 0 Å². The van der Waals surface area contributed by atoms with Crippen LogP contribution in [0.4, 0.5) is 4.39 Å². The molecule has 2 atom stereocenters. The van der Waals surface area contributed by atoms with Crippen LogP contribution in [-0.4, -0.2) is 6.10 Å². The molecule has 1 fully saturated rings. The van der Waals surface area contributed by atoms with Crippen LogP contribution in [-0.2, 0) is 0 Å². The van der Waals surface area contributed by atoms with E-state index in [2.05, 4.69) is 0 Å². The van der Waals surface area contributed by atoms with Crippen LogP contribution in [0.25, 0.3) is 0 Å². The summed E-state index contributed by atoms with van der Waals surface area (Å²) in [5, 5.41) is 0. The van der Waals surface area contributed by atoms with Crippen molar-refractivity contribution in [3.63, 3.8) is 0 Å². The van der Waals surface area contributed by atoms with Gasteiger partial charge in [0.2, 0.25) is 0 Å². The van der Waals surface area contributed by atoms with Gasteiger partial charge < -0.3 is 10.5 Å². The first-order valence-corrected chi connectivity index (χ1v) is 7.46. The summed E-state index contributed by atoms with van der Waals surface area (Å²) in [7, 11) is 0. The molecule has 1 aliphatic carbocycles. The fourth-order valence-electron chi connectivity index (χ4n) is 3.48. The van der Waals surface area contributed by atoms with Gasteiger partial charge in [-0.1, -0.05) is 25.7 Å². The molecule has 0 saturated heterocycles. The first-order chi connectivity index (χ1) is 9.24. The molecule has 3 heteroatoms. The lowest BCUT2D eigenvalue weighted by molar-refractivity contribution is 0.0903. The molecule has 1 aliphatic heterocycles. The van der Waals surface area contributed by atoms with Crippen molar-refractivity contribution in [2.75, 3.05) is 0 Å². The Labute approximate surface area is 114 Å². The standard InChI is InChI=1S/C16H22FNO/c17-12-7-8-15-13(9-12)14(18)10-16(19-15)11-5-3-1-2-4-6-11/h7-9,11,14,16H,1-6,10,18H2/t14-,16?/m1/s1. The van der Waals surface area contributed by atoms with Crippen molar-refractivity contribution in [1.29, 1.82) is 0 Å². The van der Waals surface area contributed by atoms with Gasteiger partial charge in [0.1, 0.15) is 17.7 Å². The van der Waals surface area contributed by atoms with Crippen LogP contribution >= 0.6 is 0 Å². The third-order valence-corrected chi connectivity index (χ3v) is 4.56. The summed E-state index contributed by atoms with van der Waals surface area (Å²) in [6.45, 7) is 0. The monoisotopic (exact) mass is 263 g/mol. The van der Waals surface area contributed by atoms with Gasteiger partial charge in [0, 0.05) is 18.0 Å². The zero-order valence-electron chi connectivity index (χ0n) is 11.3. The van der Waals surface area contributed by atoms with Crippen LogP contribution in [0.2, 0.25) is 0 Å². The van der Waals surface area contributed by atoms with E-state index in [4.69, 9.17) is 10.5 Å². The lowest BCUT2D eigenvalue weighted by Gasteiger charge is -2.35. The number of benzene rings is 1. The predicted molar refractivity (Wildman–Crippen MR) is 73.6 cm³/mol. The van der Waals surface area contributed by atoms with Crippen LogP contribution in [0.1, 0.15) is 56.6 Å². The molecular formula is C16H22FNO. The van der Waals surface area contributed by atoms with Crippen molar-refractivity contribution in [2.24, 2.45) is 11.7 Å². The van der Waals surface area contributed by atoms with Crippen molar-refractivity contribution in [1.82, 2.24) is 0 Å². The normalized spacial score (nSPS) is 28.3. The van der Waals surface area contributed by atoms with E-state index in [0.29, 0.717) is 5.92 Å². The van der Waals surface area contributed by atoms with Gasteiger partial charge in [0.25, 0.3) is 0 Å². The molecule has 0 bridgehead atoms. The minimum atomic E-state index is -0.231. The largest absolute Gasteiger partial charge is 0.490 e. The van der Waals surface area contributed by atoms with E-state index < -0.39 is 0 Å². The topological polar surface area (TPSA) is 35.2 Å². The van der Waals surface area contributed by atoms with E-state index in [1.54, 1.807) is 6.07 Å². The smallest absolute Gasteiger partial charge is 0.124 e. The van der Waals surface area contributed by atoms with Crippen LogP contribution < -0.4 is 10.5 Å².